The molecule has 23 heavy (non-hydrogen) atoms. The van der Waals surface area contributed by atoms with Crippen LogP contribution in [0.3, 0.4) is 0 Å². The quantitative estimate of drug-likeness (QED) is 0.336. The summed E-state index contributed by atoms with van der Waals surface area (Å²) < 4.78 is 1.92. The number of guanidine groups is 1. The number of halogens is 1. The van der Waals surface area contributed by atoms with Gasteiger partial charge in [0.15, 0.2) is 5.96 Å². The first-order chi connectivity index (χ1) is 11.3. The highest BCUT2D eigenvalue weighted by Gasteiger charge is 1.99. The van der Waals surface area contributed by atoms with Gasteiger partial charge in [-0.15, -0.1) is 0 Å². The smallest absolute Gasteiger partial charge is 0.191 e. The van der Waals surface area contributed by atoms with Gasteiger partial charge in [-0.05, 0) is 37.5 Å². The van der Waals surface area contributed by atoms with E-state index in [0.29, 0.717) is 5.15 Å². The van der Waals surface area contributed by atoms with Crippen molar-refractivity contribution in [2.45, 2.75) is 26.3 Å². The average Bonchev–Trinajstić information content (AvgIpc) is 3.07. The number of aliphatic imine (C=N–C) groups is 1. The van der Waals surface area contributed by atoms with E-state index in [-0.39, 0.29) is 0 Å². The number of nitrogens with zero attached hydrogens (tertiary/aromatic N) is 4. The zero-order valence-corrected chi connectivity index (χ0v) is 14.1. The number of nitrogens with one attached hydrogen (secondary N) is 2. The monoisotopic (exact) mass is 334 g/mol. The molecule has 0 unspecified atom stereocenters. The fourth-order valence-electron chi connectivity index (χ4n) is 2.08. The molecule has 0 fully saturated rings. The summed E-state index contributed by atoms with van der Waals surface area (Å²) in [4.78, 5) is 8.66. The van der Waals surface area contributed by atoms with E-state index in [2.05, 4.69) is 32.6 Å². The second-order valence-corrected chi connectivity index (χ2v) is 5.44. The lowest BCUT2D eigenvalue weighted by molar-refractivity contribution is 0.584. The Labute approximate surface area is 142 Å². The van der Waals surface area contributed by atoms with Gasteiger partial charge in [0, 0.05) is 44.8 Å². The van der Waals surface area contributed by atoms with Gasteiger partial charge in [-0.2, -0.15) is 5.10 Å². The molecule has 2 N–H and O–H groups in total. The highest BCUT2D eigenvalue weighted by atomic mass is 35.5. The summed E-state index contributed by atoms with van der Waals surface area (Å²) in [6.45, 7) is 5.34. The maximum absolute atomic E-state index is 5.78. The van der Waals surface area contributed by atoms with Crippen molar-refractivity contribution >= 4 is 17.6 Å². The topological polar surface area (TPSA) is 67.1 Å². The largest absolute Gasteiger partial charge is 0.357 e. The molecule has 6 nitrogen and oxygen atoms in total. The third kappa shape index (κ3) is 6.69. The predicted octanol–water partition coefficient (Wildman–Crippen LogP) is 2.12. The molecule has 0 aromatic carbocycles. The Hall–Kier alpha value is -2.08. The van der Waals surface area contributed by atoms with Crippen LogP contribution in [0.4, 0.5) is 0 Å². The highest BCUT2D eigenvalue weighted by molar-refractivity contribution is 6.29. The Balaban J connectivity index is 1.71. The number of rotatable bonds is 8. The van der Waals surface area contributed by atoms with Gasteiger partial charge in [0.2, 0.25) is 0 Å². The van der Waals surface area contributed by atoms with Gasteiger partial charge in [-0.1, -0.05) is 17.7 Å². The third-order valence-corrected chi connectivity index (χ3v) is 3.44. The Morgan fingerprint density at radius 3 is 2.96 bits per heavy atom. The fraction of sp³-hybridized carbons (Fsp3) is 0.438. The third-order valence-electron chi connectivity index (χ3n) is 3.21. The van der Waals surface area contributed by atoms with Crippen molar-refractivity contribution in [3.63, 3.8) is 0 Å². The van der Waals surface area contributed by atoms with Crippen molar-refractivity contribution in [1.82, 2.24) is 25.4 Å². The van der Waals surface area contributed by atoms with Crippen molar-refractivity contribution in [1.29, 1.82) is 0 Å². The van der Waals surface area contributed by atoms with Crippen LogP contribution < -0.4 is 10.6 Å². The van der Waals surface area contributed by atoms with E-state index in [4.69, 9.17) is 11.6 Å². The molecule has 0 atom stereocenters. The maximum Gasteiger partial charge on any atom is 0.191 e. The van der Waals surface area contributed by atoms with E-state index >= 15 is 0 Å². The minimum absolute atomic E-state index is 0.522. The summed E-state index contributed by atoms with van der Waals surface area (Å²) in [6.07, 6.45) is 7.40. The highest BCUT2D eigenvalue weighted by Crippen LogP contribution is 2.05. The lowest BCUT2D eigenvalue weighted by Crippen LogP contribution is -2.38. The fourth-order valence-corrected chi connectivity index (χ4v) is 2.19. The standard InChI is InChI=1S/C16H23ClN6/c1-2-18-16(19-8-3-11-23-12-4-9-22-23)20-10-7-14-5-6-15(17)21-13-14/h4-6,9,12-13H,2-3,7-8,10-11H2,1H3,(H2,18,19,20). The van der Waals surface area contributed by atoms with Crippen molar-refractivity contribution in [2.24, 2.45) is 4.99 Å². The number of aryl methyl sites for hydroxylation is 1. The number of hydrogen-bond acceptors (Lipinski definition) is 3. The summed E-state index contributed by atoms with van der Waals surface area (Å²) in [5, 5.41) is 11.3. The van der Waals surface area contributed by atoms with Crippen LogP contribution in [0.1, 0.15) is 18.9 Å². The number of aromatic nitrogens is 3. The number of hydrogen-bond donors (Lipinski definition) is 2. The first-order valence-corrected chi connectivity index (χ1v) is 8.26. The van der Waals surface area contributed by atoms with Crippen LogP contribution in [0.25, 0.3) is 0 Å². The van der Waals surface area contributed by atoms with Gasteiger partial charge in [0.05, 0.1) is 0 Å². The van der Waals surface area contributed by atoms with Crippen LogP contribution in [0.2, 0.25) is 5.15 Å². The molecule has 124 valence electrons. The van der Waals surface area contributed by atoms with Crippen molar-refractivity contribution in [3.05, 3.63) is 47.5 Å². The van der Waals surface area contributed by atoms with Crippen molar-refractivity contribution in [2.75, 3.05) is 19.6 Å². The van der Waals surface area contributed by atoms with Crippen molar-refractivity contribution < 1.29 is 0 Å². The molecule has 0 saturated carbocycles. The van der Waals surface area contributed by atoms with Gasteiger partial charge in [-0.25, -0.2) is 4.98 Å². The van der Waals surface area contributed by atoms with Crippen LogP contribution >= 0.6 is 11.6 Å². The van der Waals surface area contributed by atoms with E-state index in [0.717, 1.165) is 50.5 Å². The summed E-state index contributed by atoms with van der Waals surface area (Å²) in [7, 11) is 0. The second-order valence-electron chi connectivity index (χ2n) is 5.05. The van der Waals surface area contributed by atoms with Crippen molar-refractivity contribution in [3.8, 4) is 0 Å². The first-order valence-electron chi connectivity index (χ1n) is 7.88. The van der Waals surface area contributed by atoms with Crippen LogP contribution in [0.15, 0.2) is 41.8 Å². The van der Waals surface area contributed by atoms with Crippen LogP contribution in [-0.2, 0) is 13.0 Å². The predicted molar refractivity (Wildman–Crippen MR) is 93.8 cm³/mol. The molecule has 0 aliphatic rings. The summed E-state index contributed by atoms with van der Waals surface area (Å²) in [5.41, 5.74) is 1.15. The Bertz CT molecular complexity index is 579. The Morgan fingerprint density at radius 1 is 1.35 bits per heavy atom. The minimum atomic E-state index is 0.522. The Kier molecular flexibility index (Phi) is 7.39. The second kappa shape index (κ2) is 9.84. The normalized spacial score (nSPS) is 11.5. The molecular formula is C16H23ClN6. The number of pyridine rings is 1. The molecule has 0 aliphatic heterocycles. The SMILES string of the molecule is CCNC(=NCCCn1cccn1)NCCc1ccc(Cl)nc1. The average molecular weight is 335 g/mol. The molecule has 0 radical (unpaired) electrons. The van der Waals surface area contributed by atoms with E-state index < -0.39 is 0 Å². The van der Waals surface area contributed by atoms with E-state index in [1.54, 1.807) is 12.4 Å². The summed E-state index contributed by atoms with van der Waals surface area (Å²) in [6, 6.07) is 5.73. The van der Waals surface area contributed by atoms with E-state index in [1.807, 2.05) is 29.1 Å². The van der Waals surface area contributed by atoms with E-state index in [1.165, 1.54) is 0 Å². The Morgan fingerprint density at radius 2 is 2.26 bits per heavy atom. The maximum atomic E-state index is 5.78. The van der Waals surface area contributed by atoms with Crippen LogP contribution in [0, 0.1) is 0 Å². The van der Waals surface area contributed by atoms with Gasteiger partial charge < -0.3 is 10.6 Å². The minimum Gasteiger partial charge on any atom is -0.357 e. The van der Waals surface area contributed by atoms with Crippen LogP contribution in [0.5, 0.6) is 0 Å². The molecule has 0 spiro atoms. The van der Waals surface area contributed by atoms with Crippen LogP contribution in [-0.4, -0.2) is 40.4 Å². The lowest BCUT2D eigenvalue weighted by atomic mass is 10.2. The lowest BCUT2D eigenvalue weighted by Gasteiger charge is -2.11. The molecule has 7 heteroatoms. The zero-order valence-electron chi connectivity index (χ0n) is 13.4. The molecule has 2 aromatic heterocycles. The van der Waals surface area contributed by atoms with Gasteiger partial charge in [0.1, 0.15) is 5.15 Å². The molecule has 0 aliphatic carbocycles. The molecule has 2 rings (SSSR count). The first kappa shape index (κ1) is 17.3. The van der Waals surface area contributed by atoms with Gasteiger partial charge in [-0.3, -0.25) is 9.67 Å². The molecule has 0 bridgehead atoms. The summed E-state index contributed by atoms with van der Waals surface area (Å²) in [5.74, 6) is 0.842. The molecule has 2 heterocycles. The van der Waals surface area contributed by atoms with Gasteiger partial charge in [0.25, 0.3) is 0 Å². The molecule has 2 aromatic rings. The molecule has 0 amide bonds. The molecular weight excluding hydrogens is 312 g/mol. The summed E-state index contributed by atoms with van der Waals surface area (Å²) >= 11 is 5.78. The zero-order chi connectivity index (χ0) is 16.3. The van der Waals surface area contributed by atoms with Gasteiger partial charge >= 0.3 is 0 Å². The van der Waals surface area contributed by atoms with E-state index in [9.17, 15) is 0 Å². The molecule has 0 saturated heterocycles.